The molecule has 0 aliphatic carbocycles. The molecule has 1 aliphatic heterocycles. The van der Waals surface area contributed by atoms with Gasteiger partial charge in [0, 0.05) is 123 Å². The number of amides is 1. The van der Waals surface area contributed by atoms with Crippen LogP contribution in [-0.4, -0.2) is 189 Å². The van der Waals surface area contributed by atoms with E-state index in [2.05, 4.69) is 41.9 Å². The second kappa shape index (κ2) is 55.7. The highest BCUT2D eigenvalue weighted by molar-refractivity contribution is 7.86. The second-order valence-electron chi connectivity index (χ2n) is 21.0. The van der Waals surface area contributed by atoms with E-state index in [9.17, 15) is 67.9 Å². The van der Waals surface area contributed by atoms with Gasteiger partial charge in [-0.3, -0.25) is 48.8 Å². The Kier molecular flexibility index (Phi) is 52.2. The van der Waals surface area contributed by atoms with E-state index in [4.69, 9.17) is 40.9 Å². The monoisotopic (exact) mass is 1590 g/mol. The lowest BCUT2D eigenvalue weighted by atomic mass is 10.1. The normalized spacial score (nSPS) is 11.0. The van der Waals surface area contributed by atoms with Crippen molar-refractivity contribution in [3.05, 3.63) is 266 Å². The molecule has 1 fully saturated rings. The number of hydrogen-bond acceptors (Lipinski definition) is 22. The molecule has 10 heterocycles. The van der Waals surface area contributed by atoms with Crippen molar-refractivity contribution in [1.29, 1.82) is 0 Å². The maximum atomic E-state index is 10.4. The molecule has 9 aromatic heterocycles. The van der Waals surface area contributed by atoms with E-state index in [0.717, 1.165) is 41.4 Å². The summed E-state index contributed by atoms with van der Waals surface area (Å²) in [5, 5.41) is 50.2. The molecule has 9 N–H and O–H groups in total. The molecular formula is C67H81Cl3N11O22S3+. The van der Waals surface area contributed by atoms with Gasteiger partial charge < -0.3 is 50.0 Å². The number of nitrogens with zero attached hydrogens (tertiary/aromatic N) is 10. The molecule has 0 bridgehead atoms. The molecule has 1 saturated heterocycles. The number of carboxylic acids is 6. The molecule has 33 nitrogen and oxygen atoms in total. The van der Waals surface area contributed by atoms with Gasteiger partial charge in [-0.2, -0.15) is 8.42 Å². The highest BCUT2D eigenvalue weighted by Gasteiger charge is 2.24. The number of piperidine rings is 1. The molecule has 0 radical (unpaired) electrons. The van der Waals surface area contributed by atoms with Gasteiger partial charge in [0.2, 0.25) is 5.91 Å². The first-order valence-electron chi connectivity index (χ1n) is 30.1. The first kappa shape index (κ1) is 99.4. The Morgan fingerprint density at radius 2 is 0.943 bits per heavy atom. The van der Waals surface area contributed by atoms with Crippen molar-refractivity contribution < 1.29 is 117 Å². The van der Waals surface area contributed by atoms with Crippen LogP contribution in [0.25, 0.3) is 0 Å². The van der Waals surface area contributed by atoms with Crippen LogP contribution in [0.5, 0.6) is 0 Å². The third kappa shape index (κ3) is 53.1. The highest BCUT2D eigenvalue weighted by atomic mass is 35.5. The molecule has 39 heteroatoms. The zero-order valence-corrected chi connectivity index (χ0v) is 61.7. The summed E-state index contributed by atoms with van der Waals surface area (Å²) in [6.07, 6.45) is 30.8. The summed E-state index contributed by atoms with van der Waals surface area (Å²) in [7, 11) is -8.20. The number of nitrogens with two attached hydrogens (primary N) is 1. The number of carbonyl (C=O) groups excluding carboxylic acids is 1. The Morgan fingerprint density at radius 1 is 0.472 bits per heavy atom. The summed E-state index contributed by atoms with van der Waals surface area (Å²) in [4.78, 5) is 96.9. The number of halogens is 3. The number of hydrogen-bond donors (Lipinski definition) is 8. The van der Waals surface area contributed by atoms with Gasteiger partial charge in [-0.1, -0.05) is 18.2 Å². The minimum atomic E-state index is -4.07. The summed E-state index contributed by atoms with van der Waals surface area (Å²) >= 11 is 0. The molecule has 9 aromatic rings. The fourth-order valence-corrected chi connectivity index (χ4v) is 9.09. The van der Waals surface area contributed by atoms with Crippen LogP contribution in [-0.2, 0) is 66.4 Å². The third-order valence-corrected chi connectivity index (χ3v) is 15.0. The van der Waals surface area contributed by atoms with Crippen LogP contribution >= 0.6 is 37.2 Å². The van der Waals surface area contributed by atoms with Crippen molar-refractivity contribution in [1.82, 2.24) is 34.9 Å². The molecule has 1 amide bonds. The molecule has 0 unspecified atom stereocenters. The van der Waals surface area contributed by atoms with Crippen LogP contribution in [0.2, 0.25) is 0 Å². The average Bonchev–Trinajstić information content (AvgIpc) is 0.876. The van der Waals surface area contributed by atoms with E-state index in [-0.39, 0.29) is 83.3 Å². The number of rotatable bonds is 18. The third-order valence-electron chi connectivity index (χ3n) is 12.5. The van der Waals surface area contributed by atoms with Gasteiger partial charge in [-0.25, -0.2) is 50.1 Å². The Bertz CT molecular complexity index is 4060. The number of quaternary nitrogens is 1. The van der Waals surface area contributed by atoms with Gasteiger partial charge in [0.1, 0.15) is 29.7 Å². The average molecular weight is 1600 g/mol. The minimum absolute atomic E-state index is 0. The summed E-state index contributed by atoms with van der Waals surface area (Å²) in [5.41, 5.74) is 7.77. The molecule has 106 heavy (non-hydrogen) atoms. The van der Waals surface area contributed by atoms with Gasteiger partial charge in [0.25, 0.3) is 10.1 Å². The molecule has 0 atom stereocenters. The van der Waals surface area contributed by atoms with Crippen LogP contribution in [0.4, 0.5) is 0 Å². The number of carbonyl (C=O) groups is 7. The number of aromatic nitrogens is 9. The van der Waals surface area contributed by atoms with Crippen molar-refractivity contribution in [3.63, 3.8) is 0 Å². The fraction of sp³-hybridized carbons (Fsp3) is 0.224. The summed E-state index contributed by atoms with van der Waals surface area (Å²) in [5.74, 6) is -6.33. The predicted molar refractivity (Wildman–Crippen MR) is 388 cm³/mol. The number of aryl methyl sites for hydroxylation is 2. The van der Waals surface area contributed by atoms with E-state index < -0.39 is 72.1 Å². The van der Waals surface area contributed by atoms with Crippen molar-refractivity contribution >= 4 is 109 Å². The maximum absolute atomic E-state index is 10.4. The number of likely N-dealkylation sites (tertiary alicyclic amines) is 1. The van der Waals surface area contributed by atoms with Crippen molar-refractivity contribution in [2.45, 2.75) is 56.4 Å². The van der Waals surface area contributed by atoms with Crippen LogP contribution < -0.4 is 14.9 Å². The van der Waals surface area contributed by atoms with E-state index in [1.807, 2.05) is 35.2 Å². The lowest BCUT2D eigenvalue weighted by Crippen LogP contribution is -2.48. The zero-order valence-electron chi connectivity index (χ0n) is 56.8. The molecule has 0 spiro atoms. The zero-order chi connectivity index (χ0) is 77.1. The topological polar surface area (TPSA) is 534 Å². The molecule has 10 rings (SSSR count). The van der Waals surface area contributed by atoms with Crippen LogP contribution in [0, 0.1) is 0 Å². The summed E-state index contributed by atoms with van der Waals surface area (Å²) in [6.45, 7) is 3.63. The van der Waals surface area contributed by atoms with Gasteiger partial charge in [-0.05, 0) is 115 Å². The fourth-order valence-electron chi connectivity index (χ4n) is 7.68. The standard InChI is InChI=1S/C9H19NO3S.C8H11NO3S.3C7H7NO2.C6H6N2O.3C6H5NO2.C5H5NO3S.3ClH/c1-10(6-3-2-4-7-10)8-5-9-14(11,12)13;10-13(11,12)8-4-7-9-5-2-1-3-6-9;1-8-4-2-3-6(5-8)7(9)10;9-7(10)5-6-1-3-8-4-2-6;9-7(10)4-6-2-1-3-8-5-6;7-6(9)5-2-1-3-8-4-5;8-6(9)5-1-3-7-4-2-5;8-6(9)5-2-1-3-7-4-5;8-6(9)5-3-1-2-4-7-5;7-10(8,9)5-2-1-3-6-4-5;;;/h2-9H2,1H3;1-3,5-6H,4,7-8H2;2-5H,1H3;1-4H,5H2,(H,9,10);1-3,5H,4H2,(H,9,10);1-4H,(H2,7,9);3*1-4H,(H,8,9);1-4H,(H,7,8,9);3*1H/p+1. The van der Waals surface area contributed by atoms with E-state index in [1.165, 1.54) is 99.0 Å². The van der Waals surface area contributed by atoms with Crippen LogP contribution in [0.15, 0.2) is 232 Å². The van der Waals surface area contributed by atoms with Crippen molar-refractivity contribution in [2.75, 3.05) is 38.2 Å². The first-order chi connectivity index (χ1) is 48.6. The second-order valence-corrected chi connectivity index (χ2v) is 25.5. The Morgan fingerprint density at radius 3 is 1.30 bits per heavy atom. The van der Waals surface area contributed by atoms with E-state index in [0.29, 0.717) is 30.5 Å². The number of aliphatic carboxylic acids is 2. The molecule has 574 valence electrons. The van der Waals surface area contributed by atoms with Crippen LogP contribution in [0.1, 0.15) is 95.2 Å². The lowest BCUT2D eigenvalue weighted by molar-refractivity contribution is -0.914. The quantitative estimate of drug-likeness (QED) is 0.0269. The number of primary amides is 1. The molecule has 0 aromatic carbocycles. The van der Waals surface area contributed by atoms with Crippen molar-refractivity contribution in [2.24, 2.45) is 12.8 Å². The predicted octanol–water partition coefficient (Wildman–Crippen LogP) is 6.20. The Hall–Kier alpha value is -10.8. The molecule has 0 saturated carbocycles. The SMILES string of the molecule is C[N+]1(CCCS(=O)(=O)[O-])CCCCC1.C[n+]1cccc(C(=O)O)c1.Cl.Cl.Cl.NC(=O)c1cccnc1.O=C(O)Cc1cccnc1.O=C(O)Cc1ccncc1.O=C(O)c1ccccn1.O=C(O)c1cccnc1.O=C(O)c1ccncc1.O=S(=O)(O)c1cccnc1.O=S(=O)([O-])CCC[n+]1ccccc1. The highest BCUT2D eigenvalue weighted by Crippen LogP contribution is 2.17. The van der Waals surface area contributed by atoms with Gasteiger partial charge >= 0.3 is 35.8 Å². The summed E-state index contributed by atoms with van der Waals surface area (Å²) < 4.78 is 95.6. The van der Waals surface area contributed by atoms with Crippen molar-refractivity contribution in [3.8, 4) is 0 Å². The number of carboxylic acid groups (broad SMARTS) is 6. The van der Waals surface area contributed by atoms with Gasteiger partial charge in [-0.15, -0.1) is 37.2 Å². The Balaban J connectivity index is -0.00000111. The number of pyridine rings is 9. The van der Waals surface area contributed by atoms with Gasteiger partial charge in [0.15, 0.2) is 24.8 Å². The maximum Gasteiger partial charge on any atom is 0.354 e. The smallest absolute Gasteiger partial charge is 0.354 e. The Labute approximate surface area is 630 Å². The first-order valence-corrected chi connectivity index (χ1v) is 34.7. The van der Waals surface area contributed by atoms with E-state index >= 15 is 0 Å². The van der Waals surface area contributed by atoms with Crippen LogP contribution in [0.3, 0.4) is 0 Å². The van der Waals surface area contributed by atoms with E-state index in [1.54, 1.807) is 122 Å². The van der Waals surface area contributed by atoms with Gasteiger partial charge in [0.05, 0.1) is 76.5 Å². The largest absolute Gasteiger partial charge is 0.748 e. The number of aromatic carboxylic acids is 4. The minimum Gasteiger partial charge on any atom is -0.748 e. The molecular weight excluding hydrogens is 1510 g/mol. The molecule has 1 aliphatic rings. The lowest BCUT2D eigenvalue weighted by Gasteiger charge is -2.37. The summed E-state index contributed by atoms with van der Waals surface area (Å²) in [6, 6.07) is 32.4.